The number of carboxylic acid groups (broad SMARTS) is 1. The SMILES string of the molecule is CCOCCNC(=O)Nc1ccc(C(=O)O)cc1O. The number of carboxylic acids is 1. The first kappa shape index (κ1) is 14.8. The van der Waals surface area contributed by atoms with Gasteiger partial charge >= 0.3 is 12.0 Å². The summed E-state index contributed by atoms with van der Waals surface area (Å²) in [5.74, 6) is -1.46. The first-order valence-corrected chi connectivity index (χ1v) is 5.73. The van der Waals surface area contributed by atoms with Crippen LogP contribution in [0.5, 0.6) is 5.75 Å². The second-order valence-corrected chi connectivity index (χ2v) is 3.61. The fraction of sp³-hybridized carbons (Fsp3) is 0.333. The lowest BCUT2D eigenvalue weighted by atomic mass is 10.2. The lowest BCUT2D eigenvalue weighted by Crippen LogP contribution is -2.31. The summed E-state index contributed by atoms with van der Waals surface area (Å²) in [4.78, 5) is 22.1. The Labute approximate surface area is 110 Å². The molecule has 0 bridgehead atoms. The van der Waals surface area contributed by atoms with E-state index in [4.69, 9.17) is 9.84 Å². The van der Waals surface area contributed by atoms with Crippen LogP contribution in [-0.2, 0) is 4.74 Å². The van der Waals surface area contributed by atoms with E-state index in [-0.39, 0.29) is 17.0 Å². The molecular weight excluding hydrogens is 252 g/mol. The third-order valence-corrected chi connectivity index (χ3v) is 2.23. The number of ether oxygens (including phenoxy) is 1. The van der Waals surface area contributed by atoms with Crippen molar-refractivity contribution in [1.82, 2.24) is 5.32 Å². The van der Waals surface area contributed by atoms with Crippen LogP contribution >= 0.6 is 0 Å². The number of amides is 2. The minimum absolute atomic E-state index is 0.0557. The van der Waals surface area contributed by atoms with Crippen molar-refractivity contribution in [3.05, 3.63) is 23.8 Å². The second kappa shape index (κ2) is 7.22. The molecule has 0 atom stereocenters. The second-order valence-electron chi connectivity index (χ2n) is 3.61. The van der Waals surface area contributed by atoms with Gasteiger partial charge in [0.1, 0.15) is 5.75 Å². The Morgan fingerprint density at radius 3 is 2.68 bits per heavy atom. The number of nitrogens with one attached hydrogen (secondary N) is 2. The molecular formula is C12H16N2O5. The van der Waals surface area contributed by atoms with E-state index >= 15 is 0 Å². The van der Waals surface area contributed by atoms with Crippen LogP contribution in [0.15, 0.2) is 18.2 Å². The van der Waals surface area contributed by atoms with Crippen molar-refractivity contribution in [2.75, 3.05) is 25.1 Å². The van der Waals surface area contributed by atoms with Crippen molar-refractivity contribution in [3.8, 4) is 5.75 Å². The van der Waals surface area contributed by atoms with Gasteiger partial charge in [0.2, 0.25) is 0 Å². The zero-order chi connectivity index (χ0) is 14.3. The van der Waals surface area contributed by atoms with Gasteiger partial charge in [-0.3, -0.25) is 0 Å². The maximum atomic E-state index is 11.4. The predicted molar refractivity (Wildman–Crippen MR) is 68.6 cm³/mol. The first-order valence-electron chi connectivity index (χ1n) is 5.73. The number of benzene rings is 1. The topological polar surface area (TPSA) is 108 Å². The van der Waals surface area contributed by atoms with Gasteiger partial charge in [-0.2, -0.15) is 0 Å². The van der Waals surface area contributed by atoms with Gasteiger partial charge in [-0.1, -0.05) is 0 Å². The summed E-state index contributed by atoms with van der Waals surface area (Å²) in [6.45, 7) is 3.16. The molecule has 0 aliphatic carbocycles. The number of rotatable bonds is 6. The molecule has 0 aliphatic heterocycles. The van der Waals surface area contributed by atoms with Crippen LogP contribution in [-0.4, -0.2) is 42.0 Å². The highest BCUT2D eigenvalue weighted by atomic mass is 16.5. The summed E-state index contributed by atoms with van der Waals surface area (Å²) in [6, 6.07) is 3.18. The Hall–Kier alpha value is -2.28. The molecule has 0 saturated heterocycles. The Morgan fingerprint density at radius 2 is 2.11 bits per heavy atom. The van der Waals surface area contributed by atoms with Gasteiger partial charge in [0.05, 0.1) is 17.9 Å². The third kappa shape index (κ3) is 4.84. The van der Waals surface area contributed by atoms with E-state index < -0.39 is 12.0 Å². The van der Waals surface area contributed by atoms with E-state index in [1.165, 1.54) is 12.1 Å². The first-order chi connectivity index (χ1) is 9.04. The number of phenols is 1. The molecule has 0 unspecified atom stereocenters. The smallest absolute Gasteiger partial charge is 0.335 e. The van der Waals surface area contributed by atoms with Crippen LogP contribution in [0.25, 0.3) is 0 Å². The van der Waals surface area contributed by atoms with Crippen molar-refractivity contribution in [1.29, 1.82) is 0 Å². The van der Waals surface area contributed by atoms with Crippen molar-refractivity contribution in [2.45, 2.75) is 6.92 Å². The van der Waals surface area contributed by atoms with E-state index in [1.807, 2.05) is 6.92 Å². The maximum Gasteiger partial charge on any atom is 0.335 e. The molecule has 19 heavy (non-hydrogen) atoms. The van der Waals surface area contributed by atoms with Gasteiger partial charge in [0, 0.05) is 13.2 Å². The minimum atomic E-state index is -1.15. The summed E-state index contributed by atoms with van der Waals surface area (Å²) in [5.41, 5.74) is 0.0821. The molecule has 0 aliphatic rings. The van der Waals surface area contributed by atoms with Crippen LogP contribution in [0.3, 0.4) is 0 Å². The Balaban J connectivity index is 2.52. The molecule has 1 aromatic rings. The van der Waals surface area contributed by atoms with E-state index in [0.29, 0.717) is 19.8 Å². The number of aromatic carboxylic acids is 1. The zero-order valence-electron chi connectivity index (χ0n) is 10.5. The monoisotopic (exact) mass is 268 g/mol. The highest BCUT2D eigenvalue weighted by Gasteiger charge is 2.09. The normalized spacial score (nSPS) is 9.95. The molecule has 104 valence electrons. The highest BCUT2D eigenvalue weighted by Crippen LogP contribution is 2.24. The quantitative estimate of drug-likeness (QED) is 0.458. The number of anilines is 1. The third-order valence-electron chi connectivity index (χ3n) is 2.23. The van der Waals surface area contributed by atoms with Gasteiger partial charge in [0.15, 0.2) is 0 Å². The fourth-order valence-corrected chi connectivity index (χ4v) is 1.32. The molecule has 0 saturated carbocycles. The van der Waals surface area contributed by atoms with Crippen LogP contribution in [0.1, 0.15) is 17.3 Å². The number of urea groups is 1. The van der Waals surface area contributed by atoms with E-state index in [0.717, 1.165) is 6.07 Å². The molecule has 4 N–H and O–H groups in total. The predicted octanol–water partition coefficient (Wildman–Crippen LogP) is 1.25. The molecule has 0 heterocycles. The summed E-state index contributed by atoms with van der Waals surface area (Å²) in [6.07, 6.45) is 0. The number of aromatic hydroxyl groups is 1. The van der Waals surface area contributed by atoms with Crippen LogP contribution in [0.4, 0.5) is 10.5 Å². The summed E-state index contributed by atoms with van der Waals surface area (Å²) in [5, 5.41) is 23.2. The molecule has 7 nitrogen and oxygen atoms in total. The average Bonchev–Trinajstić information content (AvgIpc) is 2.37. The van der Waals surface area contributed by atoms with Gasteiger partial charge in [-0.25, -0.2) is 9.59 Å². The Morgan fingerprint density at radius 1 is 1.37 bits per heavy atom. The molecule has 0 aromatic heterocycles. The average molecular weight is 268 g/mol. The van der Waals surface area contributed by atoms with E-state index in [2.05, 4.69) is 10.6 Å². The Kier molecular flexibility index (Phi) is 5.62. The molecule has 0 fully saturated rings. The molecule has 0 spiro atoms. The number of hydrogen-bond acceptors (Lipinski definition) is 4. The van der Waals surface area contributed by atoms with Gasteiger partial charge in [-0.15, -0.1) is 0 Å². The minimum Gasteiger partial charge on any atom is -0.506 e. The lowest BCUT2D eigenvalue weighted by Gasteiger charge is -2.09. The van der Waals surface area contributed by atoms with Gasteiger partial charge < -0.3 is 25.6 Å². The number of carbonyl (C=O) groups is 2. The molecule has 7 heteroatoms. The van der Waals surface area contributed by atoms with Crippen molar-refractivity contribution in [2.24, 2.45) is 0 Å². The number of phenolic OH excluding ortho intramolecular Hbond substituents is 1. The summed E-state index contributed by atoms with van der Waals surface area (Å²) in [7, 11) is 0. The van der Waals surface area contributed by atoms with Crippen molar-refractivity contribution < 1.29 is 24.5 Å². The summed E-state index contributed by atoms with van der Waals surface area (Å²) < 4.78 is 5.04. The molecule has 1 rings (SSSR count). The molecule has 1 aromatic carbocycles. The number of carbonyl (C=O) groups excluding carboxylic acids is 1. The van der Waals surface area contributed by atoms with Gasteiger partial charge in [0.25, 0.3) is 0 Å². The van der Waals surface area contributed by atoms with Crippen molar-refractivity contribution >= 4 is 17.7 Å². The molecule has 2 amide bonds. The van der Waals surface area contributed by atoms with Crippen LogP contribution in [0, 0.1) is 0 Å². The Bertz CT molecular complexity index is 461. The zero-order valence-corrected chi connectivity index (χ0v) is 10.5. The largest absolute Gasteiger partial charge is 0.506 e. The van der Waals surface area contributed by atoms with E-state index in [1.54, 1.807) is 0 Å². The molecule has 0 radical (unpaired) electrons. The van der Waals surface area contributed by atoms with Gasteiger partial charge in [-0.05, 0) is 25.1 Å². The standard InChI is InChI=1S/C12H16N2O5/c1-2-19-6-5-13-12(18)14-9-4-3-8(11(16)17)7-10(9)15/h3-4,7,15H,2,5-6H2,1H3,(H,16,17)(H2,13,14,18). The van der Waals surface area contributed by atoms with Crippen LogP contribution < -0.4 is 10.6 Å². The van der Waals surface area contributed by atoms with Crippen molar-refractivity contribution in [3.63, 3.8) is 0 Å². The summed E-state index contributed by atoms with van der Waals surface area (Å²) >= 11 is 0. The maximum absolute atomic E-state index is 11.4. The number of hydrogen-bond donors (Lipinski definition) is 4. The highest BCUT2D eigenvalue weighted by molar-refractivity contribution is 5.93. The van der Waals surface area contributed by atoms with E-state index in [9.17, 15) is 14.7 Å². The fourth-order valence-electron chi connectivity index (χ4n) is 1.32. The van der Waals surface area contributed by atoms with Crippen LogP contribution in [0.2, 0.25) is 0 Å². The lowest BCUT2D eigenvalue weighted by molar-refractivity contribution is 0.0696.